The van der Waals surface area contributed by atoms with Gasteiger partial charge in [-0.25, -0.2) is 4.39 Å². The second-order valence-electron chi connectivity index (χ2n) is 5.12. The van der Waals surface area contributed by atoms with Crippen LogP contribution in [-0.4, -0.2) is 41.9 Å². The highest BCUT2D eigenvalue weighted by atomic mass is 32.2. The Kier molecular flexibility index (Phi) is 8.07. The highest BCUT2D eigenvalue weighted by Crippen LogP contribution is 2.29. The maximum Gasteiger partial charge on any atom is 0.165 e. The summed E-state index contributed by atoms with van der Waals surface area (Å²) in [6, 6.07) is 6.22. The van der Waals surface area contributed by atoms with Crippen molar-refractivity contribution < 1.29 is 14.2 Å². The second kappa shape index (κ2) is 9.28. The molecule has 1 rings (SSSR count). The highest BCUT2D eigenvalue weighted by molar-refractivity contribution is 8.00. The number of benzene rings is 1. The van der Waals surface area contributed by atoms with Gasteiger partial charge in [-0.05, 0) is 31.2 Å². The molecule has 2 N–H and O–H groups in total. The summed E-state index contributed by atoms with van der Waals surface area (Å²) in [5.74, 6) is -0.229. The molecule has 1 aromatic carbocycles. The van der Waals surface area contributed by atoms with Crippen molar-refractivity contribution in [1.29, 1.82) is 0 Å². The molecule has 0 aliphatic heterocycles. The van der Waals surface area contributed by atoms with Crippen molar-refractivity contribution in [3.8, 4) is 5.75 Å². The van der Waals surface area contributed by atoms with Crippen LogP contribution in [0, 0.1) is 5.82 Å². The van der Waals surface area contributed by atoms with Crippen molar-refractivity contribution in [2.45, 2.75) is 37.5 Å². The molecule has 21 heavy (non-hydrogen) atoms. The molecule has 1 atom stereocenters. The van der Waals surface area contributed by atoms with Crippen molar-refractivity contribution in [3.63, 3.8) is 0 Å². The monoisotopic (exact) mass is 315 g/mol. The Morgan fingerprint density at radius 2 is 2.00 bits per heavy atom. The molecule has 0 saturated heterocycles. The number of halogens is 1. The molecule has 0 fully saturated rings. The van der Waals surface area contributed by atoms with Gasteiger partial charge in [-0.1, -0.05) is 26.0 Å². The molecule has 1 aromatic rings. The van der Waals surface area contributed by atoms with Crippen LogP contribution in [0.4, 0.5) is 4.39 Å². The summed E-state index contributed by atoms with van der Waals surface area (Å²) in [4.78, 5) is 0. The normalized spacial score (nSPS) is 13.2. The molecule has 0 aliphatic rings. The first-order valence-electron chi connectivity index (χ1n) is 7.38. The van der Waals surface area contributed by atoms with Gasteiger partial charge in [-0.15, -0.1) is 0 Å². The number of ether oxygens (including phenoxy) is 1. The van der Waals surface area contributed by atoms with Gasteiger partial charge in [0.25, 0.3) is 0 Å². The molecule has 0 bridgehead atoms. The molecule has 1 unspecified atom stereocenters. The molecule has 5 heteroatoms. The summed E-state index contributed by atoms with van der Waals surface area (Å²) in [5, 5.41) is 13.2. The second-order valence-corrected chi connectivity index (χ2v) is 6.39. The lowest BCUT2D eigenvalue weighted by atomic mass is 10.0. The number of nitrogens with one attached hydrogen (secondary N) is 1. The van der Waals surface area contributed by atoms with Crippen molar-refractivity contribution in [3.05, 3.63) is 30.1 Å². The Balaban J connectivity index is 2.31. The van der Waals surface area contributed by atoms with Crippen LogP contribution in [0.15, 0.2) is 24.3 Å². The SMILES string of the molecule is CCC(CC)(CNCC(O)COc1ccccc1F)SC. The van der Waals surface area contributed by atoms with Gasteiger partial charge in [0, 0.05) is 17.8 Å². The minimum absolute atomic E-state index is 0.0818. The van der Waals surface area contributed by atoms with Gasteiger partial charge in [0.1, 0.15) is 12.7 Å². The molecule has 0 amide bonds. The van der Waals surface area contributed by atoms with Gasteiger partial charge in [0.05, 0.1) is 0 Å². The van der Waals surface area contributed by atoms with Gasteiger partial charge in [-0.3, -0.25) is 0 Å². The molecule has 3 nitrogen and oxygen atoms in total. The Labute approximate surface area is 131 Å². The number of hydrogen-bond acceptors (Lipinski definition) is 4. The minimum atomic E-state index is -0.655. The molecular weight excluding hydrogens is 289 g/mol. The van der Waals surface area contributed by atoms with Crippen molar-refractivity contribution >= 4 is 11.8 Å². The number of rotatable bonds is 10. The predicted molar refractivity (Wildman–Crippen MR) is 87.6 cm³/mol. The van der Waals surface area contributed by atoms with Crippen LogP contribution >= 0.6 is 11.8 Å². The van der Waals surface area contributed by atoms with Crippen LogP contribution in [0.25, 0.3) is 0 Å². The highest BCUT2D eigenvalue weighted by Gasteiger charge is 2.24. The van der Waals surface area contributed by atoms with E-state index in [1.807, 2.05) is 11.8 Å². The Bertz CT molecular complexity index is 405. The van der Waals surface area contributed by atoms with E-state index in [-0.39, 0.29) is 17.1 Å². The molecule has 120 valence electrons. The number of aliphatic hydroxyl groups is 1. The quantitative estimate of drug-likeness (QED) is 0.696. The Hall–Kier alpha value is -0.780. The lowest BCUT2D eigenvalue weighted by molar-refractivity contribution is 0.103. The van der Waals surface area contributed by atoms with E-state index in [9.17, 15) is 9.50 Å². The van der Waals surface area contributed by atoms with Crippen LogP contribution in [0.3, 0.4) is 0 Å². The van der Waals surface area contributed by atoms with E-state index in [4.69, 9.17) is 4.74 Å². The van der Waals surface area contributed by atoms with Crippen LogP contribution < -0.4 is 10.1 Å². The van der Waals surface area contributed by atoms with Gasteiger partial charge in [0.15, 0.2) is 11.6 Å². The lowest BCUT2D eigenvalue weighted by Gasteiger charge is -2.30. The number of hydrogen-bond donors (Lipinski definition) is 2. The first kappa shape index (κ1) is 18.3. The van der Waals surface area contributed by atoms with E-state index in [1.54, 1.807) is 18.2 Å². The van der Waals surface area contributed by atoms with Crippen molar-refractivity contribution in [1.82, 2.24) is 5.32 Å². The van der Waals surface area contributed by atoms with E-state index in [1.165, 1.54) is 6.07 Å². The maximum absolute atomic E-state index is 13.4. The molecule has 0 spiro atoms. The standard InChI is InChI=1S/C16H26FNO2S/c1-4-16(5-2,21-3)12-18-10-13(19)11-20-15-9-7-6-8-14(15)17/h6-9,13,18-19H,4-5,10-12H2,1-3H3. The van der Waals surface area contributed by atoms with Crippen LogP contribution in [0.2, 0.25) is 0 Å². The fourth-order valence-corrected chi connectivity index (χ4v) is 2.96. The maximum atomic E-state index is 13.4. The summed E-state index contributed by atoms with van der Waals surface area (Å²) >= 11 is 1.86. The molecule has 0 heterocycles. The topological polar surface area (TPSA) is 41.5 Å². The lowest BCUT2D eigenvalue weighted by Crippen LogP contribution is -2.41. The summed E-state index contributed by atoms with van der Waals surface area (Å²) in [5.41, 5.74) is 0. The molecule has 0 radical (unpaired) electrons. The fourth-order valence-electron chi connectivity index (χ4n) is 2.13. The first-order valence-corrected chi connectivity index (χ1v) is 8.60. The average Bonchev–Trinajstić information content (AvgIpc) is 2.51. The van der Waals surface area contributed by atoms with E-state index < -0.39 is 11.9 Å². The number of thioether (sulfide) groups is 1. The summed E-state index contributed by atoms with van der Waals surface area (Å²) in [7, 11) is 0. The third-order valence-corrected chi connectivity index (χ3v) is 5.40. The van der Waals surface area contributed by atoms with E-state index >= 15 is 0 Å². The zero-order valence-corrected chi connectivity index (χ0v) is 13.9. The van der Waals surface area contributed by atoms with E-state index in [0.717, 1.165) is 19.4 Å². The zero-order valence-electron chi connectivity index (χ0n) is 13.1. The molecule has 0 aromatic heterocycles. The summed E-state index contributed by atoms with van der Waals surface area (Å²) in [6.07, 6.45) is 3.63. The largest absolute Gasteiger partial charge is 0.488 e. The van der Waals surface area contributed by atoms with Crippen LogP contribution in [0.1, 0.15) is 26.7 Å². The van der Waals surface area contributed by atoms with Crippen LogP contribution in [0.5, 0.6) is 5.75 Å². The Morgan fingerprint density at radius 1 is 1.33 bits per heavy atom. The fraction of sp³-hybridized carbons (Fsp3) is 0.625. The van der Waals surface area contributed by atoms with Gasteiger partial charge >= 0.3 is 0 Å². The van der Waals surface area contributed by atoms with Gasteiger partial charge in [-0.2, -0.15) is 11.8 Å². The predicted octanol–water partition coefficient (Wildman–Crippen LogP) is 3.08. The molecule has 0 aliphatic carbocycles. The minimum Gasteiger partial charge on any atom is -0.488 e. The smallest absolute Gasteiger partial charge is 0.165 e. The Morgan fingerprint density at radius 3 is 2.57 bits per heavy atom. The van der Waals surface area contributed by atoms with Crippen molar-refractivity contribution in [2.75, 3.05) is 26.0 Å². The van der Waals surface area contributed by atoms with Gasteiger partial charge in [0.2, 0.25) is 0 Å². The third-order valence-electron chi connectivity index (χ3n) is 3.82. The van der Waals surface area contributed by atoms with Crippen LogP contribution in [-0.2, 0) is 0 Å². The van der Waals surface area contributed by atoms with E-state index in [2.05, 4.69) is 25.4 Å². The van der Waals surface area contributed by atoms with Gasteiger partial charge < -0.3 is 15.2 Å². The van der Waals surface area contributed by atoms with E-state index in [0.29, 0.717) is 6.54 Å². The molecular formula is C16H26FNO2S. The average molecular weight is 315 g/mol. The number of para-hydroxylation sites is 1. The zero-order chi connectivity index (χ0) is 15.7. The summed E-state index contributed by atoms with van der Waals surface area (Å²) in [6.45, 7) is 5.73. The van der Waals surface area contributed by atoms with Crippen molar-refractivity contribution in [2.24, 2.45) is 0 Å². The number of aliphatic hydroxyl groups excluding tert-OH is 1. The molecule has 0 saturated carbocycles. The first-order chi connectivity index (χ1) is 10.1. The third kappa shape index (κ3) is 5.85. The summed E-state index contributed by atoms with van der Waals surface area (Å²) < 4.78 is 18.9.